The maximum absolute atomic E-state index is 14.6. The molecule has 3 aromatic rings. The van der Waals surface area contributed by atoms with Crippen LogP contribution >= 0.6 is 11.3 Å². The van der Waals surface area contributed by atoms with Gasteiger partial charge in [0.1, 0.15) is 17.4 Å². The van der Waals surface area contributed by atoms with Gasteiger partial charge in [-0.3, -0.25) is 0 Å². The maximum Gasteiger partial charge on any atom is 0.135 e. The zero-order chi connectivity index (χ0) is 17.4. The van der Waals surface area contributed by atoms with Gasteiger partial charge in [0.15, 0.2) is 0 Å². The molecular formula is C21H18F2OS. The summed E-state index contributed by atoms with van der Waals surface area (Å²) < 4.78 is 34.9. The predicted octanol–water partition coefficient (Wildman–Crippen LogP) is 6.46. The minimum atomic E-state index is -0.530. The number of ether oxygens (including phenoxy) is 1. The smallest absolute Gasteiger partial charge is 0.135 e. The molecule has 0 bridgehead atoms. The lowest BCUT2D eigenvalue weighted by molar-refractivity contribution is 0.303. The Labute approximate surface area is 149 Å². The Kier molecular flexibility index (Phi) is 4.30. The number of hydrogen-bond acceptors (Lipinski definition) is 2. The van der Waals surface area contributed by atoms with Crippen molar-refractivity contribution in [3.05, 3.63) is 65.0 Å². The molecule has 1 heterocycles. The lowest BCUT2D eigenvalue weighted by Gasteiger charge is -2.09. The van der Waals surface area contributed by atoms with Crippen LogP contribution in [0.2, 0.25) is 0 Å². The van der Waals surface area contributed by atoms with Crippen LogP contribution < -0.4 is 4.74 Å². The average Bonchev–Trinajstić information content (AvgIpc) is 3.29. The molecule has 2 aromatic carbocycles. The lowest BCUT2D eigenvalue weighted by Crippen LogP contribution is -1.95. The molecular weight excluding hydrogens is 338 g/mol. The van der Waals surface area contributed by atoms with E-state index >= 15 is 0 Å². The number of halogens is 2. The highest BCUT2D eigenvalue weighted by Crippen LogP contribution is 2.36. The van der Waals surface area contributed by atoms with Crippen molar-refractivity contribution < 1.29 is 13.5 Å². The van der Waals surface area contributed by atoms with Crippen molar-refractivity contribution in [2.45, 2.75) is 32.3 Å². The molecule has 128 valence electrons. The molecule has 1 aliphatic carbocycles. The van der Waals surface area contributed by atoms with Crippen LogP contribution in [0, 0.1) is 11.6 Å². The molecule has 0 saturated heterocycles. The fourth-order valence-electron chi connectivity index (χ4n) is 2.78. The number of rotatable bonds is 5. The third-order valence-electron chi connectivity index (χ3n) is 4.31. The van der Waals surface area contributed by atoms with Crippen LogP contribution in [0.25, 0.3) is 21.6 Å². The van der Waals surface area contributed by atoms with E-state index in [0.717, 1.165) is 35.5 Å². The van der Waals surface area contributed by atoms with E-state index in [0.29, 0.717) is 16.5 Å². The summed E-state index contributed by atoms with van der Waals surface area (Å²) in [6.45, 7) is 2.03. The van der Waals surface area contributed by atoms with Crippen molar-refractivity contribution in [3.8, 4) is 27.3 Å². The summed E-state index contributed by atoms with van der Waals surface area (Å²) in [6, 6.07) is 13.9. The van der Waals surface area contributed by atoms with Gasteiger partial charge >= 0.3 is 0 Å². The second kappa shape index (κ2) is 6.60. The Hall–Kier alpha value is -2.20. The highest BCUT2D eigenvalue weighted by atomic mass is 32.1. The Bertz CT molecular complexity index is 872. The van der Waals surface area contributed by atoms with Crippen LogP contribution in [0.3, 0.4) is 0 Å². The molecule has 1 aromatic heterocycles. The monoisotopic (exact) mass is 356 g/mol. The summed E-state index contributed by atoms with van der Waals surface area (Å²) >= 11 is 1.43. The first kappa shape index (κ1) is 16.3. The third kappa shape index (κ3) is 3.45. The Balaban J connectivity index is 1.64. The molecule has 0 atom stereocenters. The van der Waals surface area contributed by atoms with Gasteiger partial charge in [-0.25, -0.2) is 8.78 Å². The number of benzene rings is 2. The van der Waals surface area contributed by atoms with Crippen LogP contribution in [0.4, 0.5) is 8.78 Å². The van der Waals surface area contributed by atoms with Crippen molar-refractivity contribution in [3.63, 3.8) is 0 Å². The van der Waals surface area contributed by atoms with Gasteiger partial charge in [0.25, 0.3) is 0 Å². The first-order valence-electron chi connectivity index (χ1n) is 8.49. The molecule has 0 aliphatic heterocycles. The van der Waals surface area contributed by atoms with Gasteiger partial charge < -0.3 is 4.74 Å². The normalized spacial score (nSPS) is 13.9. The molecule has 4 heteroatoms. The molecule has 1 saturated carbocycles. The molecule has 0 spiro atoms. The fraction of sp³-hybridized carbons (Fsp3) is 0.238. The van der Waals surface area contributed by atoms with Gasteiger partial charge in [-0.05, 0) is 66.8 Å². The van der Waals surface area contributed by atoms with Crippen molar-refractivity contribution in [1.82, 2.24) is 0 Å². The zero-order valence-electron chi connectivity index (χ0n) is 13.9. The first-order valence-corrected chi connectivity index (χ1v) is 9.31. The summed E-state index contributed by atoms with van der Waals surface area (Å²) in [5, 5.41) is 0. The quantitative estimate of drug-likeness (QED) is 0.509. The lowest BCUT2D eigenvalue weighted by atomic mass is 10.0. The largest absolute Gasteiger partial charge is 0.490 e. The Morgan fingerprint density at radius 2 is 1.64 bits per heavy atom. The van der Waals surface area contributed by atoms with Gasteiger partial charge in [0.05, 0.1) is 11.7 Å². The summed E-state index contributed by atoms with van der Waals surface area (Å²) in [4.78, 5) is 1.75. The van der Waals surface area contributed by atoms with Crippen molar-refractivity contribution in [1.29, 1.82) is 0 Å². The van der Waals surface area contributed by atoms with Crippen LogP contribution in [0.15, 0.2) is 48.5 Å². The van der Waals surface area contributed by atoms with E-state index in [4.69, 9.17) is 4.74 Å². The SMILES string of the molecule is CCc1ccc(-c2c(F)cc(-c3ccc(OC4CC4)cc3)cc2F)s1. The summed E-state index contributed by atoms with van der Waals surface area (Å²) in [5.74, 6) is -0.259. The number of thiophene rings is 1. The van der Waals surface area contributed by atoms with E-state index in [1.54, 1.807) is 6.07 Å². The van der Waals surface area contributed by atoms with Crippen molar-refractivity contribution >= 4 is 11.3 Å². The van der Waals surface area contributed by atoms with Gasteiger partial charge in [0, 0.05) is 9.75 Å². The molecule has 0 unspecified atom stereocenters. The van der Waals surface area contributed by atoms with Crippen LogP contribution in [-0.4, -0.2) is 6.10 Å². The maximum atomic E-state index is 14.6. The van der Waals surface area contributed by atoms with E-state index in [9.17, 15) is 8.78 Å². The molecule has 0 N–H and O–H groups in total. The Morgan fingerprint density at radius 1 is 0.960 bits per heavy atom. The second-order valence-electron chi connectivity index (χ2n) is 6.28. The summed E-state index contributed by atoms with van der Waals surface area (Å²) in [7, 11) is 0. The third-order valence-corrected chi connectivity index (χ3v) is 5.56. The van der Waals surface area contributed by atoms with Crippen LogP contribution in [0.5, 0.6) is 5.75 Å². The molecule has 25 heavy (non-hydrogen) atoms. The number of hydrogen-bond donors (Lipinski definition) is 0. The van der Waals surface area contributed by atoms with E-state index in [1.807, 2.05) is 37.3 Å². The minimum Gasteiger partial charge on any atom is -0.490 e. The average molecular weight is 356 g/mol. The molecule has 1 fully saturated rings. The van der Waals surface area contributed by atoms with Crippen LogP contribution in [0.1, 0.15) is 24.6 Å². The molecule has 1 aliphatic rings. The van der Waals surface area contributed by atoms with Gasteiger partial charge in [-0.15, -0.1) is 11.3 Å². The van der Waals surface area contributed by atoms with Crippen LogP contribution in [-0.2, 0) is 6.42 Å². The van der Waals surface area contributed by atoms with Crippen molar-refractivity contribution in [2.75, 3.05) is 0 Å². The fourth-order valence-corrected chi connectivity index (χ4v) is 3.78. The summed E-state index contributed by atoms with van der Waals surface area (Å²) in [6.07, 6.45) is 3.39. The molecule has 0 amide bonds. The Morgan fingerprint density at radius 3 is 2.20 bits per heavy atom. The highest BCUT2D eigenvalue weighted by molar-refractivity contribution is 7.15. The van der Waals surface area contributed by atoms with Gasteiger partial charge in [0.2, 0.25) is 0 Å². The number of aryl methyl sites for hydroxylation is 1. The van der Waals surface area contributed by atoms with Gasteiger partial charge in [-0.1, -0.05) is 19.1 Å². The minimum absolute atomic E-state index is 0.0575. The zero-order valence-corrected chi connectivity index (χ0v) is 14.7. The molecule has 1 nitrogen and oxygen atoms in total. The molecule has 4 rings (SSSR count). The van der Waals surface area contributed by atoms with E-state index < -0.39 is 11.6 Å². The standard InChI is InChI=1S/C21H18F2OS/c1-2-17-9-10-20(25-17)21-18(22)11-14(12-19(21)23)13-3-5-15(6-4-13)24-16-7-8-16/h3-6,9-12,16H,2,7-8H2,1H3. The van der Waals surface area contributed by atoms with E-state index in [2.05, 4.69) is 0 Å². The van der Waals surface area contributed by atoms with Crippen molar-refractivity contribution in [2.24, 2.45) is 0 Å². The first-order chi connectivity index (χ1) is 12.1. The van der Waals surface area contributed by atoms with E-state index in [1.165, 1.54) is 23.5 Å². The topological polar surface area (TPSA) is 9.23 Å². The molecule has 0 radical (unpaired) electrons. The predicted molar refractivity (Wildman–Crippen MR) is 98.1 cm³/mol. The highest BCUT2D eigenvalue weighted by Gasteiger charge is 2.23. The van der Waals surface area contributed by atoms with Gasteiger partial charge in [-0.2, -0.15) is 0 Å². The second-order valence-corrected chi connectivity index (χ2v) is 7.44. The summed E-state index contributed by atoms with van der Waals surface area (Å²) in [5.41, 5.74) is 1.36. The van der Waals surface area contributed by atoms with E-state index in [-0.39, 0.29) is 5.56 Å².